The van der Waals surface area contributed by atoms with Crippen molar-refractivity contribution in [1.29, 1.82) is 0 Å². The van der Waals surface area contributed by atoms with Crippen LogP contribution >= 0.6 is 15.9 Å². The van der Waals surface area contributed by atoms with Crippen LogP contribution in [-0.2, 0) is 0 Å². The van der Waals surface area contributed by atoms with E-state index in [0.717, 1.165) is 4.47 Å². The van der Waals surface area contributed by atoms with Gasteiger partial charge in [0.25, 0.3) is 6.43 Å². The Balaban J connectivity index is 2.67. The van der Waals surface area contributed by atoms with Crippen molar-refractivity contribution in [2.24, 2.45) is 0 Å². The molecule has 0 saturated carbocycles. The lowest BCUT2D eigenvalue weighted by Gasteiger charge is -2.12. The molecule has 0 saturated heterocycles. The lowest BCUT2D eigenvalue weighted by atomic mass is 10.1. The van der Waals surface area contributed by atoms with Gasteiger partial charge in [0.2, 0.25) is 0 Å². The second-order valence-corrected chi connectivity index (χ2v) is 4.17. The number of benzene rings is 1. The van der Waals surface area contributed by atoms with Gasteiger partial charge in [0, 0.05) is 21.6 Å². The standard InChI is InChI=1S/C11H8BrF2NO/c12-8-4-3-7(10(16)11(13)14)9-6(8)2-1-5-15-9/h1-5,10-11,16H. The topological polar surface area (TPSA) is 33.1 Å². The molecule has 2 rings (SSSR count). The number of aliphatic hydroxyl groups excluding tert-OH is 1. The van der Waals surface area contributed by atoms with Gasteiger partial charge in [-0.2, -0.15) is 0 Å². The molecule has 1 atom stereocenters. The van der Waals surface area contributed by atoms with Gasteiger partial charge in [-0.25, -0.2) is 8.78 Å². The Hall–Kier alpha value is -1.07. The Morgan fingerprint density at radius 2 is 2.00 bits per heavy atom. The Bertz CT molecular complexity index is 518. The number of alkyl halides is 2. The second-order valence-electron chi connectivity index (χ2n) is 3.32. The Morgan fingerprint density at radius 1 is 1.25 bits per heavy atom. The van der Waals surface area contributed by atoms with Gasteiger partial charge in [-0.3, -0.25) is 4.98 Å². The van der Waals surface area contributed by atoms with Crippen molar-refractivity contribution in [2.75, 3.05) is 0 Å². The molecule has 84 valence electrons. The van der Waals surface area contributed by atoms with Crippen molar-refractivity contribution in [3.05, 3.63) is 40.5 Å². The van der Waals surface area contributed by atoms with Gasteiger partial charge in [0.05, 0.1) is 5.52 Å². The van der Waals surface area contributed by atoms with Crippen molar-refractivity contribution < 1.29 is 13.9 Å². The predicted octanol–water partition coefficient (Wildman–Crippen LogP) is 3.30. The molecule has 1 aromatic carbocycles. The van der Waals surface area contributed by atoms with Crippen LogP contribution in [0, 0.1) is 0 Å². The van der Waals surface area contributed by atoms with Crippen LogP contribution in [0.2, 0.25) is 0 Å². The first-order valence-corrected chi connectivity index (χ1v) is 5.40. The van der Waals surface area contributed by atoms with Gasteiger partial charge in [-0.05, 0) is 12.1 Å². The minimum Gasteiger partial charge on any atom is -0.382 e. The molecule has 0 spiro atoms. The van der Waals surface area contributed by atoms with E-state index in [1.807, 2.05) is 0 Å². The first-order valence-electron chi connectivity index (χ1n) is 4.60. The summed E-state index contributed by atoms with van der Waals surface area (Å²) in [5, 5.41) is 10.1. The highest BCUT2D eigenvalue weighted by molar-refractivity contribution is 9.10. The molecular formula is C11H8BrF2NO. The average Bonchev–Trinajstić information content (AvgIpc) is 2.29. The fourth-order valence-electron chi connectivity index (χ4n) is 1.53. The number of pyridine rings is 1. The molecule has 2 nitrogen and oxygen atoms in total. The van der Waals surface area contributed by atoms with E-state index in [9.17, 15) is 13.9 Å². The van der Waals surface area contributed by atoms with Crippen molar-refractivity contribution in [2.45, 2.75) is 12.5 Å². The zero-order valence-corrected chi connectivity index (χ0v) is 9.66. The third kappa shape index (κ3) is 1.92. The third-order valence-corrected chi connectivity index (χ3v) is 3.00. The molecule has 1 unspecified atom stereocenters. The van der Waals surface area contributed by atoms with E-state index >= 15 is 0 Å². The summed E-state index contributed by atoms with van der Waals surface area (Å²) in [7, 11) is 0. The van der Waals surface area contributed by atoms with Crippen LogP contribution < -0.4 is 0 Å². The molecule has 16 heavy (non-hydrogen) atoms. The highest BCUT2D eigenvalue weighted by Crippen LogP contribution is 2.30. The lowest BCUT2D eigenvalue weighted by Crippen LogP contribution is -2.09. The molecule has 0 aliphatic heterocycles. The first-order chi connectivity index (χ1) is 7.61. The number of hydrogen-bond acceptors (Lipinski definition) is 2. The maximum Gasteiger partial charge on any atom is 0.268 e. The zero-order valence-electron chi connectivity index (χ0n) is 8.07. The van der Waals surface area contributed by atoms with Gasteiger partial charge >= 0.3 is 0 Å². The molecule has 0 aliphatic carbocycles. The summed E-state index contributed by atoms with van der Waals surface area (Å²) >= 11 is 3.31. The molecule has 1 aromatic heterocycles. The minimum atomic E-state index is -2.81. The molecule has 1 N–H and O–H groups in total. The first kappa shape index (κ1) is 11.4. The van der Waals surface area contributed by atoms with E-state index in [1.165, 1.54) is 12.3 Å². The number of halogens is 3. The third-order valence-electron chi connectivity index (χ3n) is 2.30. The number of aliphatic hydroxyl groups is 1. The quantitative estimate of drug-likeness (QED) is 0.919. The van der Waals surface area contributed by atoms with Gasteiger partial charge in [-0.15, -0.1) is 0 Å². The van der Waals surface area contributed by atoms with Crippen LogP contribution in [0.1, 0.15) is 11.7 Å². The van der Waals surface area contributed by atoms with E-state index in [-0.39, 0.29) is 5.56 Å². The maximum atomic E-state index is 12.5. The maximum absolute atomic E-state index is 12.5. The summed E-state index contributed by atoms with van der Waals surface area (Å²) in [5.74, 6) is 0. The van der Waals surface area contributed by atoms with Crippen molar-refractivity contribution in [3.8, 4) is 0 Å². The van der Waals surface area contributed by atoms with Gasteiger partial charge in [0.1, 0.15) is 6.10 Å². The largest absolute Gasteiger partial charge is 0.382 e. The number of rotatable bonds is 2. The fourth-order valence-corrected chi connectivity index (χ4v) is 1.99. The molecule has 5 heteroatoms. The monoisotopic (exact) mass is 287 g/mol. The van der Waals surface area contributed by atoms with E-state index in [0.29, 0.717) is 10.9 Å². The number of fused-ring (bicyclic) bond motifs is 1. The van der Waals surface area contributed by atoms with Crippen LogP contribution in [0.4, 0.5) is 8.78 Å². The number of aromatic nitrogens is 1. The lowest BCUT2D eigenvalue weighted by molar-refractivity contribution is -0.00505. The molecular weight excluding hydrogens is 280 g/mol. The molecule has 0 amide bonds. The molecule has 0 radical (unpaired) electrons. The summed E-state index contributed by atoms with van der Waals surface area (Å²) in [4.78, 5) is 4.02. The van der Waals surface area contributed by atoms with Crippen LogP contribution in [0.15, 0.2) is 34.9 Å². The molecule has 0 fully saturated rings. The summed E-state index contributed by atoms with van der Waals surface area (Å²) < 4.78 is 25.7. The van der Waals surface area contributed by atoms with Crippen LogP contribution in [0.3, 0.4) is 0 Å². The van der Waals surface area contributed by atoms with E-state index in [2.05, 4.69) is 20.9 Å². The van der Waals surface area contributed by atoms with Crippen LogP contribution in [-0.4, -0.2) is 16.5 Å². The fraction of sp³-hybridized carbons (Fsp3) is 0.182. The summed E-state index contributed by atoms with van der Waals surface area (Å²) in [6, 6.07) is 6.56. The Labute approximate surface area is 99.1 Å². The van der Waals surface area contributed by atoms with Crippen LogP contribution in [0.25, 0.3) is 10.9 Å². The predicted molar refractivity (Wildman–Crippen MR) is 60.4 cm³/mol. The summed E-state index contributed by atoms with van der Waals surface area (Å²) in [5.41, 5.74) is 0.540. The number of nitrogens with zero attached hydrogens (tertiary/aromatic N) is 1. The average molecular weight is 288 g/mol. The van der Waals surface area contributed by atoms with Gasteiger partial charge in [-0.1, -0.05) is 28.1 Å². The molecule has 0 aliphatic rings. The van der Waals surface area contributed by atoms with E-state index < -0.39 is 12.5 Å². The molecule has 0 bridgehead atoms. The molecule has 2 aromatic rings. The normalized spacial score (nSPS) is 13.3. The zero-order chi connectivity index (χ0) is 11.7. The summed E-state index contributed by atoms with van der Waals surface area (Å²) in [6.45, 7) is 0. The smallest absolute Gasteiger partial charge is 0.268 e. The molecule has 1 heterocycles. The minimum absolute atomic E-state index is 0.147. The van der Waals surface area contributed by atoms with Crippen molar-refractivity contribution >= 4 is 26.8 Å². The Kier molecular flexibility index (Phi) is 3.16. The second kappa shape index (κ2) is 4.43. The van der Waals surface area contributed by atoms with E-state index in [4.69, 9.17) is 0 Å². The van der Waals surface area contributed by atoms with E-state index in [1.54, 1.807) is 18.2 Å². The SMILES string of the molecule is OC(c1ccc(Br)c2cccnc12)C(F)F. The van der Waals surface area contributed by atoms with Gasteiger partial charge < -0.3 is 5.11 Å². The number of hydrogen-bond donors (Lipinski definition) is 1. The summed E-state index contributed by atoms with van der Waals surface area (Å²) in [6.07, 6.45) is -3.10. The van der Waals surface area contributed by atoms with Gasteiger partial charge in [0.15, 0.2) is 0 Å². The highest BCUT2D eigenvalue weighted by Gasteiger charge is 2.22. The van der Waals surface area contributed by atoms with Crippen molar-refractivity contribution in [3.63, 3.8) is 0 Å². The Morgan fingerprint density at radius 3 is 2.69 bits per heavy atom. The highest BCUT2D eigenvalue weighted by atomic mass is 79.9. The van der Waals surface area contributed by atoms with Crippen molar-refractivity contribution in [1.82, 2.24) is 4.98 Å². The van der Waals surface area contributed by atoms with Crippen LogP contribution in [0.5, 0.6) is 0 Å².